The van der Waals surface area contributed by atoms with Crippen LogP contribution in [0, 0.1) is 0 Å². The molecule has 3 aromatic carbocycles. The lowest BCUT2D eigenvalue weighted by Gasteiger charge is -2.34. The lowest BCUT2D eigenvalue weighted by atomic mass is 9.98. The number of carboxylic acid groups (broad SMARTS) is 1. The molecule has 146 valence electrons. The SMILES string of the molecule is COC(=O)N(C(C(=O)O)c1ccc(Cl)cc1)C1c2ccccc2-c2ccccc21. The van der Waals surface area contributed by atoms with Gasteiger partial charge in [0.2, 0.25) is 0 Å². The van der Waals surface area contributed by atoms with E-state index >= 15 is 0 Å². The van der Waals surface area contributed by atoms with E-state index in [1.54, 1.807) is 24.3 Å². The summed E-state index contributed by atoms with van der Waals surface area (Å²) in [5.41, 5.74) is 4.11. The van der Waals surface area contributed by atoms with Crippen LogP contribution in [0.15, 0.2) is 72.8 Å². The summed E-state index contributed by atoms with van der Waals surface area (Å²) in [5, 5.41) is 10.6. The summed E-state index contributed by atoms with van der Waals surface area (Å²) >= 11 is 5.97. The molecule has 0 bridgehead atoms. The van der Waals surface area contributed by atoms with Crippen LogP contribution in [0.5, 0.6) is 0 Å². The molecule has 0 aliphatic heterocycles. The number of carbonyl (C=O) groups excluding carboxylic acids is 1. The Kier molecular flexibility index (Phi) is 4.99. The molecule has 1 aliphatic rings. The number of ether oxygens (including phenoxy) is 1. The summed E-state index contributed by atoms with van der Waals surface area (Å²) in [4.78, 5) is 26.6. The number of hydrogen-bond acceptors (Lipinski definition) is 3. The van der Waals surface area contributed by atoms with Gasteiger partial charge in [-0.15, -0.1) is 0 Å². The first-order chi connectivity index (χ1) is 14.0. The van der Waals surface area contributed by atoms with E-state index in [1.165, 1.54) is 12.0 Å². The van der Waals surface area contributed by atoms with Crippen molar-refractivity contribution in [3.8, 4) is 11.1 Å². The highest BCUT2D eigenvalue weighted by atomic mass is 35.5. The highest BCUT2D eigenvalue weighted by molar-refractivity contribution is 6.30. The normalized spacial score (nSPS) is 13.3. The number of benzene rings is 3. The fourth-order valence-corrected chi connectivity index (χ4v) is 4.09. The van der Waals surface area contributed by atoms with Gasteiger partial charge in [0.05, 0.1) is 13.2 Å². The number of amides is 1. The lowest BCUT2D eigenvalue weighted by molar-refractivity contribution is -0.143. The number of rotatable bonds is 4. The predicted molar refractivity (Wildman–Crippen MR) is 110 cm³/mol. The molecule has 1 aliphatic carbocycles. The summed E-state index contributed by atoms with van der Waals surface area (Å²) < 4.78 is 5.03. The largest absolute Gasteiger partial charge is 0.479 e. The molecule has 0 radical (unpaired) electrons. The maximum atomic E-state index is 12.9. The lowest BCUT2D eigenvalue weighted by Crippen LogP contribution is -2.41. The zero-order chi connectivity index (χ0) is 20.5. The van der Waals surface area contributed by atoms with Crippen LogP contribution in [0.25, 0.3) is 11.1 Å². The van der Waals surface area contributed by atoms with E-state index in [0.717, 1.165) is 22.3 Å². The average molecular weight is 408 g/mol. The van der Waals surface area contributed by atoms with Crippen LogP contribution in [-0.2, 0) is 9.53 Å². The molecule has 6 heteroatoms. The van der Waals surface area contributed by atoms with E-state index in [4.69, 9.17) is 16.3 Å². The molecule has 1 unspecified atom stereocenters. The summed E-state index contributed by atoms with van der Waals surface area (Å²) in [5.74, 6) is -1.15. The van der Waals surface area contributed by atoms with Gasteiger partial charge < -0.3 is 9.84 Å². The summed E-state index contributed by atoms with van der Waals surface area (Å²) in [6.45, 7) is 0. The van der Waals surface area contributed by atoms with E-state index in [9.17, 15) is 14.7 Å². The van der Waals surface area contributed by atoms with E-state index < -0.39 is 24.1 Å². The molecule has 0 saturated heterocycles. The van der Waals surface area contributed by atoms with E-state index in [2.05, 4.69) is 0 Å². The monoisotopic (exact) mass is 407 g/mol. The Hall–Kier alpha value is -3.31. The third kappa shape index (κ3) is 3.23. The van der Waals surface area contributed by atoms with Crippen molar-refractivity contribution in [1.29, 1.82) is 0 Å². The van der Waals surface area contributed by atoms with Crippen molar-refractivity contribution >= 4 is 23.7 Å². The Labute approximate surface area is 173 Å². The minimum Gasteiger partial charge on any atom is -0.479 e. The van der Waals surface area contributed by atoms with Gasteiger partial charge in [0.25, 0.3) is 0 Å². The first kappa shape index (κ1) is 19.0. The molecule has 29 heavy (non-hydrogen) atoms. The highest BCUT2D eigenvalue weighted by Gasteiger charge is 2.42. The maximum Gasteiger partial charge on any atom is 0.411 e. The van der Waals surface area contributed by atoms with Crippen molar-refractivity contribution in [2.75, 3.05) is 7.11 Å². The zero-order valence-corrected chi connectivity index (χ0v) is 16.3. The maximum absolute atomic E-state index is 12.9. The predicted octanol–water partition coefficient (Wildman–Crippen LogP) is 5.30. The molecule has 0 saturated carbocycles. The molecule has 5 nitrogen and oxygen atoms in total. The van der Waals surface area contributed by atoms with Gasteiger partial charge in [-0.25, -0.2) is 9.59 Å². The van der Waals surface area contributed by atoms with Gasteiger partial charge in [-0.2, -0.15) is 0 Å². The number of nitrogens with zero attached hydrogens (tertiary/aromatic N) is 1. The number of halogens is 1. The summed E-state index contributed by atoms with van der Waals surface area (Å²) in [6.07, 6.45) is -0.719. The molecule has 0 aromatic heterocycles. The van der Waals surface area contributed by atoms with Crippen LogP contribution >= 0.6 is 11.6 Å². The summed E-state index contributed by atoms with van der Waals surface area (Å²) in [7, 11) is 1.25. The van der Waals surface area contributed by atoms with Crippen molar-refractivity contribution in [3.63, 3.8) is 0 Å². The number of methoxy groups -OCH3 is 1. The van der Waals surface area contributed by atoms with E-state index in [1.807, 2.05) is 48.5 Å². The second-order valence-corrected chi connectivity index (χ2v) is 7.18. The van der Waals surface area contributed by atoms with Gasteiger partial charge in [-0.1, -0.05) is 72.3 Å². The van der Waals surface area contributed by atoms with Gasteiger partial charge in [-0.3, -0.25) is 4.90 Å². The smallest absolute Gasteiger partial charge is 0.411 e. The minimum absolute atomic E-state index is 0.439. The first-order valence-corrected chi connectivity index (χ1v) is 9.43. The van der Waals surface area contributed by atoms with Crippen molar-refractivity contribution in [2.45, 2.75) is 12.1 Å². The fourth-order valence-electron chi connectivity index (χ4n) is 3.96. The third-order valence-corrected chi connectivity index (χ3v) is 5.41. The van der Waals surface area contributed by atoms with Gasteiger partial charge in [0.15, 0.2) is 6.04 Å². The molecule has 3 aromatic rings. The summed E-state index contributed by atoms with van der Waals surface area (Å²) in [6, 6.07) is 20.0. The van der Waals surface area contributed by atoms with Crippen molar-refractivity contribution in [3.05, 3.63) is 94.5 Å². The standard InChI is InChI=1S/C23H18ClNO4/c1-29-23(28)25(20(22(26)27)14-10-12-15(24)13-11-14)21-18-8-4-2-6-16(18)17-7-3-5-9-19(17)21/h2-13,20-21H,1H3,(H,26,27). The molecule has 0 spiro atoms. The quantitative estimate of drug-likeness (QED) is 0.636. The van der Waals surface area contributed by atoms with Gasteiger partial charge in [-0.05, 0) is 39.9 Å². The van der Waals surface area contributed by atoms with Gasteiger partial charge >= 0.3 is 12.1 Å². The van der Waals surface area contributed by atoms with Crippen LogP contribution in [-0.4, -0.2) is 29.2 Å². The van der Waals surface area contributed by atoms with Crippen molar-refractivity contribution in [2.24, 2.45) is 0 Å². The van der Waals surface area contributed by atoms with E-state index in [-0.39, 0.29) is 0 Å². The van der Waals surface area contributed by atoms with Crippen LogP contribution in [0.3, 0.4) is 0 Å². The van der Waals surface area contributed by atoms with Crippen LogP contribution in [0.1, 0.15) is 28.8 Å². The molecule has 1 atom stereocenters. The second kappa shape index (κ2) is 7.60. The average Bonchev–Trinajstić information content (AvgIpc) is 3.06. The van der Waals surface area contributed by atoms with Crippen LogP contribution in [0.4, 0.5) is 4.79 Å². The Bertz CT molecular complexity index is 1030. The van der Waals surface area contributed by atoms with Crippen molar-refractivity contribution < 1.29 is 19.4 Å². The van der Waals surface area contributed by atoms with Crippen molar-refractivity contribution in [1.82, 2.24) is 4.90 Å². The molecule has 0 fully saturated rings. The zero-order valence-electron chi connectivity index (χ0n) is 15.6. The fraction of sp³-hybridized carbons (Fsp3) is 0.130. The Balaban J connectivity index is 1.93. The van der Waals surface area contributed by atoms with Gasteiger partial charge in [0, 0.05) is 5.02 Å². The topological polar surface area (TPSA) is 66.8 Å². The first-order valence-electron chi connectivity index (χ1n) is 9.05. The highest BCUT2D eigenvalue weighted by Crippen LogP contribution is 2.48. The number of carboxylic acids is 1. The Morgan fingerprint density at radius 3 is 1.93 bits per heavy atom. The number of fused-ring (bicyclic) bond motifs is 3. The number of aliphatic carboxylic acids is 1. The minimum atomic E-state index is -1.25. The third-order valence-electron chi connectivity index (χ3n) is 5.16. The van der Waals surface area contributed by atoms with E-state index in [0.29, 0.717) is 10.6 Å². The molecule has 4 rings (SSSR count). The Morgan fingerprint density at radius 1 is 0.931 bits per heavy atom. The van der Waals surface area contributed by atoms with Crippen LogP contribution < -0.4 is 0 Å². The second-order valence-electron chi connectivity index (χ2n) is 6.75. The molecule has 1 amide bonds. The molecular weight excluding hydrogens is 390 g/mol. The van der Waals surface area contributed by atoms with Gasteiger partial charge in [0.1, 0.15) is 0 Å². The van der Waals surface area contributed by atoms with Crippen LogP contribution in [0.2, 0.25) is 5.02 Å². The molecule has 0 heterocycles. The number of carbonyl (C=O) groups is 2. The molecule has 1 N–H and O–H groups in total. The molecular formula is C23H18ClNO4. The number of hydrogen-bond donors (Lipinski definition) is 1. The Morgan fingerprint density at radius 2 is 1.45 bits per heavy atom.